The Morgan fingerprint density at radius 3 is 0.733 bits per heavy atom. The van der Waals surface area contributed by atoms with Gasteiger partial charge in [0.2, 0.25) is 0 Å². The Labute approximate surface area is 106 Å². The zero-order valence-corrected chi connectivity index (χ0v) is 11.2. The molecule has 0 rings (SSSR count). The Hall–Kier alpha value is -0.554. The van der Waals surface area contributed by atoms with E-state index in [0.717, 1.165) is 0 Å². The van der Waals surface area contributed by atoms with E-state index < -0.39 is 0 Å². The van der Waals surface area contributed by atoms with Gasteiger partial charge in [-0.2, -0.15) is 0 Å². The molecule has 80 valence electrons. The molecule has 0 aliphatic carbocycles. The van der Waals surface area contributed by atoms with Crippen LogP contribution in [0, 0.1) is 0 Å². The number of ketones is 4. The molecule has 4 nitrogen and oxygen atoms in total. The Balaban J connectivity index is -0.000000180. The van der Waals surface area contributed by atoms with Crippen molar-refractivity contribution in [1.29, 1.82) is 0 Å². The van der Waals surface area contributed by atoms with Crippen molar-refractivity contribution < 1.29 is 19.2 Å². The Morgan fingerprint density at radius 1 is 0.600 bits per heavy atom. The Morgan fingerprint density at radius 2 is 0.733 bits per heavy atom. The van der Waals surface area contributed by atoms with Gasteiger partial charge in [0.05, 0.1) is 12.8 Å². The SMILES string of the molecule is CC(=O)CC(C)=O.CC(=O)CC(C)=O.[Mg+2]. The predicted molar refractivity (Wildman–Crippen MR) is 57.7 cm³/mol. The van der Waals surface area contributed by atoms with Gasteiger partial charge in [-0.1, -0.05) is 0 Å². The molecule has 0 heterocycles. The van der Waals surface area contributed by atoms with Crippen molar-refractivity contribution in [2.75, 3.05) is 0 Å². The molecule has 0 unspecified atom stereocenters. The molecule has 0 aromatic heterocycles. The first kappa shape index (κ1) is 19.9. The second kappa shape index (κ2) is 11.5. The van der Waals surface area contributed by atoms with Crippen molar-refractivity contribution in [3.8, 4) is 0 Å². The number of hydrogen-bond donors (Lipinski definition) is 0. The molecule has 0 spiro atoms. The van der Waals surface area contributed by atoms with E-state index in [1.165, 1.54) is 27.7 Å². The topological polar surface area (TPSA) is 68.3 Å². The van der Waals surface area contributed by atoms with Crippen LogP contribution in [-0.4, -0.2) is 46.2 Å². The van der Waals surface area contributed by atoms with E-state index in [0.29, 0.717) is 0 Å². The molecule has 0 aromatic rings. The first-order valence-electron chi connectivity index (χ1n) is 4.23. The van der Waals surface area contributed by atoms with Gasteiger partial charge in [0, 0.05) is 0 Å². The fourth-order valence-electron chi connectivity index (χ4n) is 0.701. The number of carbonyl (C=O) groups is 4. The van der Waals surface area contributed by atoms with Crippen molar-refractivity contribution >= 4 is 46.2 Å². The van der Waals surface area contributed by atoms with Gasteiger partial charge in [-0.25, -0.2) is 0 Å². The van der Waals surface area contributed by atoms with Gasteiger partial charge in [-0.3, -0.25) is 19.2 Å². The molecule has 0 amide bonds. The summed E-state index contributed by atoms with van der Waals surface area (Å²) in [5.74, 6) is -0.250. The molecule has 0 aliphatic rings. The maximum Gasteiger partial charge on any atom is 2.00 e. The molecule has 0 aromatic carbocycles. The van der Waals surface area contributed by atoms with Gasteiger partial charge in [-0.15, -0.1) is 0 Å². The number of carbonyl (C=O) groups excluding carboxylic acids is 4. The third kappa shape index (κ3) is 31.8. The summed E-state index contributed by atoms with van der Waals surface area (Å²) in [7, 11) is 0. The van der Waals surface area contributed by atoms with Crippen LogP contribution < -0.4 is 0 Å². The molecule has 0 atom stereocenters. The number of Topliss-reactive ketones (excluding diaryl/α,β-unsaturated/α-hetero) is 4. The van der Waals surface area contributed by atoms with Crippen LogP contribution >= 0.6 is 0 Å². The van der Waals surface area contributed by atoms with Gasteiger partial charge in [0.1, 0.15) is 23.1 Å². The summed E-state index contributed by atoms with van der Waals surface area (Å²) in [6.07, 6.45) is 0.167. The van der Waals surface area contributed by atoms with Gasteiger partial charge in [0.25, 0.3) is 0 Å². The normalized spacial score (nSPS) is 7.73. The van der Waals surface area contributed by atoms with E-state index in [1.54, 1.807) is 0 Å². The van der Waals surface area contributed by atoms with Gasteiger partial charge >= 0.3 is 23.1 Å². The van der Waals surface area contributed by atoms with Gasteiger partial charge in [0.15, 0.2) is 0 Å². The second-order valence-corrected chi connectivity index (χ2v) is 3.16. The number of hydrogen-bond acceptors (Lipinski definition) is 4. The van der Waals surface area contributed by atoms with Crippen molar-refractivity contribution in [1.82, 2.24) is 0 Å². The molecule has 0 saturated carbocycles. The standard InChI is InChI=1S/2C5H8O2.Mg/c2*1-4(6)3-5(2)7;/h2*3H2,1-2H3;/q;;+2. The molecular weight excluding hydrogens is 208 g/mol. The zero-order chi connectivity index (χ0) is 11.7. The summed E-state index contributed by atoms with van der Waals surface area (Å²) in [6, 6.07) is 0. The largest absolute Gasteiger partial charge is 2.00 e. The average molecular weight is 225 g/mol. The Kier molecular flexibility index (Phi) is 15.3. The van der Waals surface area contributed by atoms with Crippen molar-refractivity contribution in [3.63, 3.8) is 0 Å². The van der Waals surface area contributed by atoms with Crippen LogP contribution in [0.1, 0.15) is 40.5 Å². The van der Waals surface area contributed by atoms with Gasteiger partial charge in [-0.05, 0) is 27.7 Å². The molecular formula is C10H16MgO4+2. The van der Waals surface area contributed by atoms with Crippen LogP contribution in [0.4, 0.5) is 0 Å². The summed E-state index contributed by atoms with van der Waals surface area (Å²) >= 11 is 0. The molecule has 0 bridgehead atoms. The third-order valence-corrected chi connectivity index (χ3v) is 0.996. The zero-order valence-electron chi connectivity index (χ0n) is 9.75. The first-order valence-corrected chi connectivity index (χ1v) is 4.23. The van der Waals surface area contributed by atoms with Crippen LogP contribution in [0.25, 0.3) is 0 Å². The third-order valence-electron chi connectivity index (χ3n) is 0.996. The minimum absolute atomic E-state index is 0. The van der Waals surface area contributed by atoms with Gasteiger partial charge < -0.3 is 0 Å². The molecule has 15 heavy (non-hydrogen) atoms. The second-order valence-electron chi connectivity index (χ2n) is 3.16. The van der Waals surface area contributed by atoms with Crippen LogP contribution in [0.2, 0.25) is 0 Å². The predicted octanol–water partition coefficient (Wildman–Crippen LogP) is 0.728. The minimum Gasteiger partial charge on any atom is -0.300 e. The van der Waals surface area contributed by atoms with Crippen molar-refractivity contribution in [2.45, 2.75) is 40.5 Å². The quantitative estimate of drug-likeness (QED) is 0.521. The fraction of sp³-hybridized carbons (Fsp3) is 0.600. The number of rotatable bonds is 4. The molecule has 5 heteroatoms. The van der Waals surface area contributed by atoms with E-state index in [-0.39, 0.29) is 59.0 Å². The van der Waals surface area contributed by atoms with E-state index in [1.807, 2.05) is 0 Å². The summed E-state index contributed by atoms with van der Waals surface area (Å²) in [4.78, 5) is 40.1. The van der Waals surface area contributed by atoms with Crippen LogP contribution in [0.3, 0.4) is 0 Å². The average Bonchev–Trinajstić information content (AvgIpc) is 1.79. The molecule has 0 radical (unpaired) electrons. The maximum absolute atomic E-state index is 10.0. The van der Waals surface area contributed by atoms with Crippen LogP contribution in [-0.2, 0) is 19.2 Å². The van der Waals surface area contributed by atoms with Crippen molar-refractivity contribution in [2.24, 2.45) is 0 Å². The summed E-state index contributed by atoms with van der Waals surface area (Å²) in [6.45, 7) is 5.62. The van der Waals surface area contributed by atoms with Crippen LogP contribution in [0.5, 0.6) is 0 Å². The minimum atomic E-state index is -0.0625. The molecule has 0 saturated heterocycles. The van der Waals surface area contributed by atoms with Crippen molar-refractivity contribution in [3.05, 3.63) is 0 Å². The van der Waals surface area contributed by atoms with Crippen LogP contribution in [0.15, 0.2) is 0 Å². The van der Waals surface area contributed by atoms with E-state index in [4.69, 9.17) is 0 Å². The molecule has 0 aliphatic heterocycles. The molecule has 0 fully saturated rings. The first-order chi connectivity index (χ1) is 6.25. The smallest absolute Gasteiger partial charge is 0.300 e. The fourth-order valence-corrected chi connectivity index (χ4v) is 0.701. The Bertz CT molecular complexity index is 196. The van der Waals surface area contributed by atoms with E-state index in [2.05, 4.69) is 0 Å². The molecule has 0 N–H and O–H groups in total. The summed E-state index contributed by atoms with van der Waals surface area (Å²) in [5, 5.41) is 0. The summed E-state index contributed by atoms with van der Waals surface area (Å²) < 4.78 is 0. The van der Waals surface area contributed by atoms with E-state index in [9.17, 15) is 19.2 Å². The van der Waals surface area contributed by atoms with E-state index >= 15 is 0 Å². The summed E-state index contributed by atoms with van der Waals surface area (Å²) in [5.41, 5.74) is 0. The monoisotopic (exact) mass is 224 g/mol. The maximum atomic E-state index is 10.0.